The summed E-state index contributed by atoms with van der Waals surface area (Å²) in [5.74, 6) is 2.41. The number of rotatable bonds is 2. The van der Waals surface area contributed by atoms with E-state index in [1.807, 2.05) is 12.1 Å². The number of piperidine rings is 1. The predicted octanol–water partition coefficient (Wildman–Crippen LogP) is 3.80. The van der Waals surface area contributed by atoms with Crippen LogP contribution < -0.4 is 9.47 Å². The number of benzene rings is 1. The third-order valence-corrected chi connectivity index (χ3v) is 5.94. The number of fused-ring (bicyclic) bond motifs is 5. The molecule has 3 aliphatic heterocycles. The van der Waals surface area contributed by atoms with Crippen LogP contribution in [0.1, 0.15) is 50.4 Å². The average molecular weight is 338 g/mol. The summed E-state index contributed by atoms with van der Waals surface area (Å²) in [7, 11) is 0. The standard InChI is InChI=1S/C20H22N2O3/c1-3-4-14-11(2)5-16-19-13(9-22(16)20(14)23)6-12-7-17-18(25-10-24-17)8-15(12)21-19/h6-8,11,14,16H,3-5,9-10H2,1-2H3. The van der Waals surface area contributed by atoms with Crippen molar-refractivity contribution in [1.29, 1.82) is 0 Å². The Bertz CT molecular complexity index is 879. The van der Waals surface area contributed by atoms with Gasteiger partial charge in [0.2, 0.25) is 12.7 Å². The van der Waals surface area contributed by atoms with Gasteiger partial charge in [0.1, 0.15) is 0 Å². The van der Waals surface area contributed by atoms with Gasteiger partial charge in [-0.05, 0) is 36.5 Å². The smallest absolute Gasteiger partial charge is 0.231 e. The molecule has 1 fully saturated rings. The minimum atomic E-state index is 0.125. The number of carbonyl (C=O) groups is 1. The molecule has 1 aromatic carbocycles. The Kier molecular flexibility index (Phi) is 3.21. The molecule has 0 bridgehead atoms. The molecule has 3 unspecified atom stereocenters. The average Bonchev–Trinajstić information content (AvgIpc) is 3.19. The van der Waals surface area contributed by atoms with Crippen molar-refractivity contribution in [2.45, 2.75) is 45.7 Å². The molecule has 0 N–H and O–H groups in total. The Hall–Kier alpha value is -2.30. The number of nitrogens with zero attached hydrogens (tertiary/aromatic N) is 2. The van der Waals surface area contributed by atoms with Gasteiger partial charge in [0.25, 0.3) is 0 Å². The SMILES string of the molecule is CCCC1C(=O)N2Cc3cc4cc5c(cc4nc3C2CC1C)OCO5. The zero-order chi connectivity index (χ0) is 17.1. The molecule has 5 rings (SSSR count). The Labute approximate surface area is 146 Å². The summed E-state index contributed by atoms with van der Waals surface area (Å²) in [6, 6.07) is 6.24. The van der Waals surface area contributed by atoms with Crippen molar-refractivity contribution in [2.75, 3.05) is 6.79 Å². The molecule has 5 heteroatoms. The number of ether oxygens (including phenoxy) is 2. The summed E-state index contributed by atoms with van der Waals surface area (Å²) in [6.45, 7) is 5.32. The zero-order valence-corrected chi connectivity index (χ0v) is 14.6. The molecule has 0 radical (unpaired) electrons. The van der Waals surface area contributed by atoms with Crippen LogP contribution in [0.2, 0.25) is 0 Å². The van der Waals surface area contributed by atoms with E-state index in [4.69, 9.17) is 14.5 Å². The van der Waals surface area contributed by atoms with Gasteiger partial charge in [0.15, 0.2) is 11.5 Å². The molecule has 4 heterocycles. The molecule has 1 saturated heterocycles. The zero-order valence-electron chi connectivity index (χ0n) is 14.6. The third kappa shape index (κ3) is 2.14. The first kappa shape index (κ1) is 15.0. The van der Waals surface area contributed by atoms with Crippen molar-refractivity contribution in [3.05, 3.63) is 29.5 Å². The van der Waals surface area contributed by atoms with Crippen molar-refractivity contribution >= 4 is 16.8 Å². The molecule has 0 spiro atoms. The predicted molar refractivity (Wildman–Crippen MR) is 93.3 cm³/mol. The van der Waals surface area contributed by atoms with Gasteiger partial charge in [-0.1, -0.05) is 20.3 Å². The number of hydrogen-bond donors (Lipinski definition) is 0. The lowest BCUT2D eigenvalue weighted by Crippen LogP contribution is -2.43. The van der Waals surface area contributed by atoms with Gasteiger partial charge in [-0.15, -0.1) is 0 Å². The van der Waals surface area contributed by atoms with E-state index in [1.54, 1.807) is 0 Å². The largest absolute Gasteiger partial charge is 0.454 e. The molecule has 0 aliphatic carbocycles. The topological polar surface area (TPSA) is 51.7 Å². The molecular formula is C20H22N2O3. The molecule has 0 saturated carbocycles. The highest BCUT2D eigenvalue weighted by Crippen LogP contribution is 2.46. The van der Waals surface area contributed by atoms with E-state index in [1.165, 1.54) is 5.56 Å². The minimum Gasteiger partial charge on any atom is -0.454 e. The van der Waals surface area contributed by atoms with Crippen molar-refractivity contribution in [1.82, 2.24) is 9.88 Å². The van der Waals surface area contributed by atoms with Crippen molar-refractivity contribution in [2.24, 2.45) is 11.8 Å². The van der Waals surface area contributed by atoms with Crippen LogP contribution >= 0.6 is 0 Å². The van der Waals surface area contributed by atoms with Gasteiger partial charge in [0.05, 0.1) is 17.3 Å². The maximum Gasteiger partial charge on any atom is 0.231 e. The van der Waals surface area contributed by atoms with Crippen LogP contribution in [0.3, 0.4) is 0 Å². The summed E-state index contributed by atoms with van der Waals surface area (Å²) in [6.07, 6.45) is 3.04. The number of amides is 1. The van der Waals surface area contributed by atoms with Gasteiger partial charge in [0, 0.05) is 23.9 Å². The number of hydrogen-bond acceptors (Lipinski definition) is 4. The monoisotopic (exact) mass is 338 g/mol. The summed E-state index contributed by atoms with van der Waals surface area (Å²) in [5, 5.41) is 1.05. The second-order valence-corrected chi connectivity index (χ2v) is 7.52. The summed E-state index contributed by atoms with van der Waals surface area (Å²) in [4.78, 5) is 20.0. The fraction of sp³-hybridized carbons (Fsp3) is 0.500. The molecule has 25 heavy (non-hydrogen) atoms. The molecular weight excluding hydrogens is 316 g/mol. The first-order valence-corrected chi connectivity index (χ1v) is 9.19. The second-order valence-electron chi connectivity index (χ2n) is 7.52. The first-order valence-electron chi connectivity index (χ1n) is 9.19. The lowest BCUT2D eigenvalue weighted by Gasteiger charge is -2.38. The minimum absolute atomic E-state index is 0.125. The Morgan fingerprint density at radius 2 is 2.04 bits per heavy atom. The van der Waals surface area contributed by atoms with Crippen LogP contribution in [0.15, 0.2) is 18.2 Å². The van der Waals surface area contributed by atoms with Crippen LogP contribution in [0.5, 0.6) is 11.5 Å². The molecule has 1 amide bonds. The van der Waals surface area contributed by atoms with Crippen molar-refractivity contribution in [3.8, 4) is 11.5 Å². The second kappa shape index (κ2) is 5.35. The number of pyridine rings is 1. The fourth-order valence-corrected chi connectivity index (χ4v) is 4.64. The molecule has 3 atom stereocenters. The lowest BCUT2D eigenvalue weighted by molar-refractivity contribution is -0.145. The molecule has 2 aromatic rings. The Balaban J connectivity index is 1.56. The normalized spacial score (nSPS) is 26.9. The molecule has 5 nitrogen and oxygen atoms in total. The number of carbonyl (C=O) groups excluding carboxylic acids is 1. The maximum atomic E-state index is 13.0. The fourth-order valence-electron chi connectivity index (χ4n) is 4.64. The highest BCUT2D eigenvalue weighted by atomic mass is 16.7. The van der Waals surface area contributed by atoms with Gasteiger partial charge < -0.3 is 14.4 Å². The third-order valence-electron chi connectivity index (χ3n) is 5.94. The van der Waals surface area contributed by atoms with E-state index in [9.17, 15) is 4.79 Å². The van der Waals surface area contributed by atoms with E-state index in [2.05, 4.69) is 24.8 Å². The van der Waals surface area contributed by atoms with Crippen LogP contribution in [0, 0.1) is 11.8 Å². The van der Waals surface area contributed by atoms with E-state index in [0.717, 1.165) is 47.4 Å². The van der Waals surface area contributed by atoms with E-state index < -0.39 is 0 Å². The molecule has 3 aliphatic rings. The quantitative estimate of drug-likeness (QED) is 0.836. The van der Waals surface area contributed by atoms with Crippen LogP contribution in [0.25, 0.3) is 10.9 Å². The highest BCUT2D eigenvalue weighted by molar-refractivity contribution is 5.86. The van der Waals surface area contributed by atoms with E-state index >= 15 is 0 Å². The van der Waals surface area contributed by atoms with Gasteiger partial charge in [-0.2, -0.15) is 0 Å². The van der Waals surface area contributed by atoms with Crippen LogP contribution in [0.4, 0.5) is 0 Å². The molecule has 1 aromatic heterocycles. The van der Waals surface area contributed by atoms with Crippen LogP contribution in [-0.2, 0) is 11.3 Å². The van der Waals surface area contributed by atoms with E-state index in [0.29, 0.717) is 18.4 Å². The molecule has 130 valence electrons. The van der Waals surface area contributed by atoms with Gasteiger partial charge >= 0.3 is 0 Å². The summed E-state index contributed by atoms with van der Waals surface area (Å²) >= 11 is 0. The van der Waals surface area contributed by atoms with Gasteiger partial charge in [-0.3, -0.25) is 9.78 Å². The van der Waals surface area contributed by atoms with E-state index in [-0.39, 0.29) is 18.8 Å². The Morgan fingerprint density at radius 1 is 1.24 bits per heavy atom. The first-order chi connectivity index (χ1) is 12.2. The Morgan fingerprint density at radius 3 is 2.84 bits per heavy atom. The van der Waals surface area contributed by atoms with Gasteiger partial charge in [-0.25, -0.2) is 0 Å². The van der Waals surface area contributed by atoms with Crippen LogP contribution in [-0.4, -0.2) is 22.6 Å². The summed E-state index contributed by atoms with van der Waals surface area (Å²) in [5.41, 5.74) is 3.16. The maximum absolute atomic E-state index is 13.0. The van der Waals surface area contributed by atoms with Crippen molar-refractivity contribution < 1.29 is 14.3 Å². The lowest BCUT2D eigenvalue weighted by atomic mass is 9.80. The summed E-state index contributed by atoms with van der Waals surface area (Å²) < 4.78 is 11.0. The number of aromatic nitrogens is 1. The highest BCUT2D eigenvalue weighted by Gasteiger charge is 2.44. The van der Waals surface area contributed by atoms with Crippen molar-refractivity contribution in [3.63, 3.8) is 0 Å².